The Hall–Kier alpha value is -2.45. The van der Waals surface area contributed by atoms with Crippen molar-refractivity contribution < 1.29 is 24.3 Å². The predicted octanol–water partition coefficient (Wildman–Crippen LogP) is 2.39. The summed E-state index contributed by atoms with van der Waals surface area (Å²) in [6.45, 7) is 8.54. The number of fused-ring (bicyclic) bond motifs is 1. The number of hydrogen-bond acceptors (Lipinski definition) is 7. The number of hydrogen-bond donors (Lipinski definition) is 2. The first kappa shape index (κ1) is 19.9. The maximum atomic E-state index is 12.4. The molecule has 0 spiro atoms. The third kappa shape index (κ3) is 4.39. The van der Waals surface area contributed by atoms with E-state index in [0.717, 1.165) is 0 Å². The first-order valence-electron chi connectivity index (χ1n) is 8.54. The van der Waals surface area contributed by atoms with Crippen LogP contribution in [0.15, 0.2) is 18.2 Å². The standard InChI is InChI=1S/C18H25N3O5/c1-5-25-16(22)13-8-7-12-9-14(17(23)26-6-2)21(15(12)20-13)11-18(3,4)10-19-24/h7-9,19,24H,5-6,10-11H2,1-4H3. The summed E-state index contributed by atoms with van der Waals surface area (Å²) in [5, 5.41) is 9.77. The van der Waals surface area contributed by atoms with Crippen molar-refractivity contribution in [2.45, 2.75) is 34.2 Å². The molecular formula is C18H25N3O5. The molecule has 2 N–H and O–H groups in total. The number of rotatable bonds is 8. The minimum atomic E-state index is -0.517. The lowest BCUT2D eigenvalue weighted by Crippen LogP contribution is -2.32. The van der Waals surface area contributed by atoms with Crippen LogP contribution in [0.1, 0.15) is 48.7 Å². The average molecular weight is 363 g/mol. The second-order valence-electron chi connectivity index (χ2n) is 6.67. The van der Waals surface area contributed by atoms with Gasteiger partial charge in [-0.2, -0.15) is 0 Å². The minimum Gasteiger partial charge on any atom is -0.461 e. The van der Waals surface area contributed by atoms with Crippen molar-refractivity contribution in [1.29, 1.82) is 0 Å². The highest BCUT2D eigenvalue weighted by Crippen LogP contribution is 2.25. The first-order valence-corrected chi connectivity index (χ1v) is 8.54. The molecule has 2 heterocycles. The molecule has 0 aliphatic rings. The van der Waals surface area contributed by atoms with E-state index in [0.29, 0.717) is 29.8 Å². The van der Waals surface area contributed by atoms with E-state index in [-0.39, 0.29) is 24.3 Å². The smallest absolute Gasteiger partial charge is 0.356 e. The normalized spacial score (nSPS) is 11.6. The van der Waals surface area contributed by atoms with Gasteiger partial charge in [-0.25, -0.2) is 20.1 Å². The van der Waals surface area contributed by atoms with Gasteiger partial charge in [0, 0.05) is 18.5 Å². The van der Waals surface area contributed by atoms with Crippen LogP contribution in [0, 0.1) is 5.41 Å². The van der Waals surface area contributed by atoms with Gasteiger partial charge in [-0.15, -0.1) is 0 Å². The number of carbonyl (C=O) groups excluding carboxylic acids is 2. The van der Waals surface area contributed by atoms with Crippen LogP contribution in [-0.2, 0) is 16.0 Å². The summed E-state index contributed by atoms with van der Waals surface area (Å²) in [5.41, 5.74) is 2.79. The van der Waals surface area contributed by atoms with E-state index < -0.39 is 11.9 Å². The van der Waals surface area contributed by atoms with Crippen LogP contribution in [0.25, 0.3) is 11.0 Å². The van der Waals surface area contributed by atoms with Crippen LogP contribution in [0.5, 0.6) is 0 Å². The molecular weight excluding hydrogens is 338 g/mol. The monoisotopic (exact) mass is 363 g/mol. The van der Waals surface area contributed by atoms with Crippen molar-refractivity contribution >= 4 is 23.0 Å². The summed E-state index contributed by atoms with van der Waals surface area (Å²) in [5.74, 6) is -0.980. The number of esters is 2. The summed E-state index contributed by atoms with van der Waals surface area (Å²) < 4.78 is 11.9. The van der Waals surface area contributed by atoms with Gasteiger partial charge in [0.05, 0.1) is 13.2 Å². The Bertz CT molecular complexity index is 797. The zero-order valence-corrected chi connectivity index (χ0v) is 15.5. The average Bonchev–Trinajstić information content (AvgIpc) is 2.92. The first-order chi connectivity index (χ1) is 12.3. The van der Waals surface area contributed by atoms with Crippen LogP contribution < -0.4 is 5.48 Å². The zero-order chi connectivity index (χ0) is 19.3. The van der Waals surface area contributed by atoms with Gasteiger partial charge in [0.2, 0.25) is 0 Å². The number of hydroxylamine groups is 1. The van der Waals surface area contributed by atoms with E-state index in [1.807, 2.05) is 13.8 Å². The Morgan fingerprint density at radius 1 is 1.19 bits per heavy atom. The third-order valence-corrected chi connectivity index (χ3v) is 3.86. The fraction of sp³-hybridized carbons (Fsp3) is 0.500. The maximum absolute atomic E-state index is 12.4. The number of ether oxygens (including phenoxy) is 2. The highest BCUT2D eigenvalue weighted by molar-refractivity contribution is 5.96. The highest BCUT2D eigenvalue weighted by Gasteiger charge is 2.25. The number of carbonyl (C=O) groups is 2. The molecule has 0 bridgehead atoms. The Kier molecular flexibility index (Phi) is 6.33. The van der Waals surface area contributed by atoms with Crippen molar-refractivity contribution in [2.24, 2.45) is 5.41 Å². The molecule has 8 nitrogen and oxygen atoms in total. The lowest BCUT2D eigenvalue weighted by atomic mass is 9.93. The van der Waals surface area contributed by atoms with E-state index in [1.165, 1.54) is 0 Å². The molecule has 0 aliphatic carbocycles. The molecule has 0 saturated carbocycles. The summed E-state index contributed by atoms with van der Waals surface area (Å²) in [6.07, 6.45) is 0. The van der Waals surface area contributed by atoms with E-state index in [1.54, 1.807) is 36.6 Å². The molecule has 0 aromatic carbocycles. The molecule has 2 aromatic heterocycles. The molecule has 2 rings (SSSR count). The lowest BCUT2D eigenvalue weighted by Gasteiger charge is -2.25. The topological polar surface area (TPSA) is 103 Å². The van der Waals surface area contributed by atoms with Gasteiger partial charge in [0.25, 0.3) is 0 Å². The number of nitrogens with one attached hydrogen (secondary N) is 1. The predicted molar refractivity (Wildman–Crippen MR) is 95.2 cm³/mol. The fourth-order valence-corrected chi connectivity index (χ4v) is 2.68. The molecule has 0 aliphatic heterocycles. The minimum absolute atomic E-state index is 0.173. The summed E-state index contributed by atoms with van der Waals surface area (Å²) in [6, 6.07) is 4.99. The van der Waals surface area contributed by atoms with Crippen molar-refractivity contribution in [1.82, 2.24) is 15.0 Å². The van der Waals surface area contributed by atoms with Gasteiger partial charge >= 0.3 is 11.9 Å². The number of pyridine rings is 1. The van der Waals surface area contributed by atoms with Gasteiger partial charge in [-0.1, -0.05) is 13.8 Å². The maximum Gasteiger partial charge on any atom is 0.356 e. The van der Waals surface area contributed by atoms with Crippen LogP contribution in [0.3, 0.4) is 0 Å². The Morgan fingerprint density at radius 2 is 1.85 bits per heavy atom. The van der Waals surface area contributed by atoms with Crippen LogP contribution in [0.2, 0.25) is 0 Å². The van der Waals surface area contributed by atoms with Crippen molar-refractivity contribution in [2.75, 3.05) is 19.8 Å². The molecule has 2 aromatic rings. The van der Waals surface area contributed by atoms with Crippen LogP contribution >= 0.6 is 0 Å². The number of nitrogens with zero attached hydrogens (tertiary/aromatic N) is 2. The zero-order valence-electron chi connectivity index (χ0n) is 15.5. The van der Waals surface area contributed by atoms with Crippen molar-refractivity contribution in [3.8, 4) is 0 Å². The van der Waals surface area contributed by atoms with Crippen LogP contribution in [-0.4, -0.2) is 46.5 Å². The summed E-state index contributed by atoms with van der Waals surface area (Å²) in [4.78, 5) is 28.8. The number of aromatic nitrogens is 2. The fourth-order valence-electron chi connectivity index (χ4n) is 2.68. The van der Waals surface area contributed by atoms with E-state index >= 15 is 0 Å². The molecule has 0 fully saturated rings. The summed E-state index contributed by atoms with van der Waals surface area (Å²) >= 11 is 0. The van der Waals surface area contributed by atoms with Gasteiger partial charge in [0.1, 0.15) is 11.3 Å². The third-order valence-electron chi connectivity index (χ3n) is 3.86. The Morgan fingerprint density at radius 3 is 2.46 bits per heavy atom. The van der Waals surface area contributed by atoms with Gasteiger partial charge in [0.15, 0.2) is 5.69 Å². The van der Waals surface area contributed by atoms with Gasteiger partial charge < -0.3 is 19.2 Å². The van der Waals surface area contributed by atoms with Crippen LogP contribution in [0.4, 0.5) is 0 Å². The van der Waals surface area contributed by atoms with E-state index in [4.69, 9.17) is 14.7 Å². The van der Waals surface area contributed by atoms with Crippen molar-refractivity contribution in [3.63, 3.8) is 0 Å². The van der Waals surface area contributed by atoms with E-state index in [9.17, 15) is 9.59 Å². The second kappa shape index (κ2) is 8.29. The van der Waals surface area contributed by atoms with Gasteiger partial charge in [-0.05, 0) is 37.5 Å². The molecule has 0 amide bonds. The summed E-state index contributed by atoms with van der Waals surface area (Å²) in [7, 11) is 0. The largest absolute Gasteiger partial charge is 0.461 e. The van der Waals surface area contributed by atoms with E-state index in [2.05, 4.69) is 10.5 Å². The highest BCUT2D eigenvalue weighted by atomic mass is 16.5. The molecule has 0 unspecified atom stereocenters. The Balaban J connectivity index is 2.57. The molecule has 0 saturated heterocycles. The van der Waals surface area contributed by atoms with Crippen molar-refractivity contribution in [3.05, 3.63) is 29.6 Å². The SMILES string of the molecule is CCOC(=O)c1ccc2cc(C(=O)OCC)n(CC(C)(C)CNO)c2n1. The Labute approximate surface area is 152 Å². The molecule has 0 atom stereocenters. The van der Waals surface area contributed by atoms with Gasteiger partial charge in [-0.3, -0.25) is 0 Å². The molecule has 142 valence electrons. The molecule has 26 heavy (non-hydrogen) atoms. The quantitative estimate of drug-likeness (QED) is 0.548. The lowest BCUT2D eigenvalue weighted by molar-refractivity contribution is 0.0505. The molecule has 0 radical (unpaired) electrons. The second-order valence-corrected chi connectivity index (χ2v) is 6.67. The molecule has 8 heteroatoms.